The third kappa shape index (κ3) is 4.27. The maximum atomic E-state index is 12.6. The van der Waals surface area contributed by atoms with Crippen molar-refractivity contribution in [3.8, 4) is 0 Å². The Morgan fingerprint density at radius 2 is 1.93 bits per heavy atom. The van der Waals surface area contributed by atoms with Crippen LogP contribution in [0.2, 0.25) is 0 Å². The van der Waals surface area contributed by atoms with Crippen molar-refractivity contribution in [2.75, 3.05) is 6.54 Å². The summed E-state index contributed by atoms with van der Waals surface area (Å²) in [5, 5.41) is 2.51. The van der Waals surface area contributed by atoms with Gasteiger partial charge in [-0.25, -0.2) is 0 Å². The number of fused-ring (bicyclic) bond motifs is 1. The zero-order valence-corrected chi connectivity index (χ0v) is 15.6. The van der Waals surface area contributed by atoms with Crippen LogP contribution in [0.25, 0.3) is 0 Å². The number of benzene rings is 1. The summed E-state index contributed by atoms with van der Waals surface area (Å²) < 4.78 is 2.19. The molecule has 0 atom stereocenters. The fraction of sp³-hybridized carbons (Fsp3) is 0.381. The highest BCUT2D eigenvalue weighted by atomic mass is 16.2. The molecule has 1 aliphatic rings. The highest BCUT2D eigenvalue weighted by Gasteiger charge is 2.28. The Morgan fingerprint density at radius 1 is 1.19 bits per heavy atom. The fourth-order valence-corrected chi connectivity index (χ4v) is 3.80. The van der Waals surface area contributed by atoms with Gasteiger partial charge < -0.3 is 15.6 Å². The Hall–Kier alpha value is -2.89. The van der Waals surface area contributed by atoms with Gasteiger partial charge in [-0.05, 0) is 37.3 Å². The molecule has 2 aromatic rings. The summed E-state index contributed by atoms with van der Waals surface area (Å²) in [4.78, 5) is 35.7. The first-order valence-electron chi connectivity index (χ1n) is 9.30. The van der Waals surface area contributed by atoms with Gasteiger partial charge in [0.25, 0.3) is 0 Å². The summed E-state index contributed by atoms with van der Waals surface area (Å²) >= 11 is 0. The Bertz CT molecular complexity index is 869. The average molecular weight is 367 g/mol. The number of primary amides is 1. The highest BCUT2D eigenvalue weighted by molar-refractivity contribution is 6.01. The second-order valence-corrected chi connectivity index (χ2v) is 6.97. The molecule has 1 heterocycles. The van der Waals surface area contributed by atoms with Gasteiger partial charge in [0.1, 0.15) is 0 Å². The molecule has 0 fully saturated rings. The quantitative estimate of drug-likeness (QED) is 0.780. The molecular weight excluding hydrogens is 342 g/mol. The fourth-order valence-electron chi connectivity index (χ4n) is 3.80. The van der Waals surface area contributed by atoms with Crippen LogP contribution in [-0.4, -0.2) is 28.7 Å². The van der Waals surface area contributed by atoms with E-state index in [0.717, 1.165) is 42.8 Å². The van der Waals surface area contributed by atoms with Gasteiger partial charge in [-0.15, -0.1) is 0 Å². The summed E-state index contributed by atoms with van der Waals surface area (Å²) in [7, 11) is 0. The topological polar surface area (TPSA) is 94.2 Å². The van der Waals surface area contributed by atoms with E-state index in [1.165, 1.54) is 5.56 Å². The smallest absolute Gasteiger partial charge is 0.236 e. The van der Waals surface area contributed by atoms with Gasteiger partial charge in [-0.1, -0.05) is 30.3 Å². The van der Waals surface area contributed by atoms with Gasteiger partial charge in [-0.3, -0.25) is 14.4 Å². The second kappa shape index (κ2) is 8.20. The van der Waals surface area contributed by atoms with E-state index in [4.69, 9.17) is 5.73 Å². The number of carbonyl (C=O) groups is 3. The van der Waals surface area contributed by atoms with E-state index < -0.39 is 5.91 Å². The number of nitrogens with two attached hydrogens (primary N) is 1. The Balaban J connectivity index is 1.87. The molecule has 3 rings (SSSR count). The zero-order chi connectivity index (χ0) is 19.4. The first-order valence-corrected chi connectivity index (χ1v) is 9.30. The summed E-state index contributed by atoms with van der Waals surface area (Å²) in [6, 6.07) is 10.2. The number of aromatic nitrogens is 1. The summed E-state index contributed by atoms with van der Waals surface area (Å²) in [5.74, 6) is -0.771. The van der Waals surface area contributed by atoms with Crippen molar-refractivity contribution >= 4 is 17.6 Å². The molecule has 0 aliphatic heterocycles. The molecule has 6 heteroatoms. The minimum absolute atomic E-state index is 0.0888. The molecule has 1 aromatic carbocycles. The van der Waals surface area contributed by atoms with Crippen molar-refractivity contribution in [2.24, 2.45) is 5.73 Å². The SMILES string of the molecule is Cc1c(CC(=O)NCC(N)=O)c2c(n1CCc1ccccc1)CCCC2=O. The molecule has 0 radical (unpaired) electrons. The van der Waals surface area contributed by atoms with Gasteiger partial charge in [0, 0.05) is 29.9 Å². The highest BCUT2D eigenvalue weighted by Crippen LogP contribution is 2.30. The van der Waals surface area contributed by atoms with Gasteiger partial charge in [0.2, 0.25) is 11.8 Å². The van der Waals surface area contributed by atoms with Gasteiger partial charge in [-0.2, -0.15) is 0 Å². The van der Waals surface area contributed by atoms with Crippen LogP contribution >= 0.6 is 0 Å². The number of nitrogens with zero attached hydrogens (tertiary/aromatic N) is 1. The van der Waals surface area contributed by atoms with Crippen LogP contribution in [0.4, 0.5) is 0 Å². The lowest BCUT2D eigenvalue weighted by Gasteiger charge is -2.16. The van der Waals surface area contributed by atoms with Crippen LogP contribution in [0.5, 0.6) is 0 Å². The molecule has 3 N–H and O–H groups in total. The third-order valence-corrected chi connectivity index (χ3v) is 5.12. The van der Waals surface area contributed by atoms with E-state index in [2.05, 4.69) is 22.0 Å². The van der Waals surface area contributed by atoms with Crippen LogP contribution in [-0.2, 0) is 35.4 Å². The molecule has 142 valence electrons. The van der Waals surface area contributed by atoms with Crippen LogP contribution in [0.1, 0.15) is 45.7 Å². The van der Waals surface area contributed by atoms with Crippen molar-refractivity contribution in [1.29, 1.82) is 0 Å². The molecule has 0 saturated carbocycles. The number of ketones is 1. The summed E-state index contributed by atoms with van der Waals surface area (Å²) in [5.41, 5.74) is 9.81. The zero-order valence-electron chi connectivity index (χ0n) is 15.6. The van der Waals surface area contributed by atoms with Crippen molar-refractivity contribution in [2.45, 2.75) is 45.6 Å². The van der Waals surface area contributed by atoms with Gasteiger partial charge >= 0.3 is 0 Å². The number of amides is 2. The number of hydrogen-bond acceptors (Lipinski definition) is 3. The largest absolute Gasteiger partial charge is 0.368 e. The second-order valence-electron chi connectivity index (χ2n) is 6.97. The Labute approximate surface area is 158 Å². The molecule has 1 aliphatic carbocycles. The van der Waals surface area contributed by atoms with E-state index in [1.807, 2.05) is 25.1 Å². The van der Waals surface area contributed by atoms with E-state index in [0.29, 0.717) is 12.0 Å². The molecule has 0 spiro atoms. The normalized spacial score (nSPS) is 13.3. The lowest BCUT2D eigenvalue weighted by atomic mass is 9.92. The van der Waals surface area contributed by atoms with Crippen molar-refractivity contribution in [1.82, 2.24) is 9.88 Å². The van der Waals surface area contributed by atoms with Crippen LogP contribution in [0.3, 0.4) is 0 Å². The Kier molecular flexibility index (Phi) is 5.74. The number of aryl methyl sites for hydroxylation is 1. The third-order valence-electron chi connectivity index (χ3n) is 5.12. The maximum absolute atomic E-state index is 12.6. The number of Topliss-reactive ketones (excluding diaryl/α,β-unsaturated/α-hetero) is 1. The minimum atomic E-state index is -0.585. The summed E-state index contributed by atoms with van der Waals surface area (Å²) in [6.07, 6.45) is 3.16. The first kappa shape index (κ1) is 18.9. The predicted molar refractivity (Wildman–Crippen MR) is 102 cm³/mol. The average Bonchev–Trinajstić information content (AvgIpc) is 2.92. The summed E-state index contributed by atoms with van der Waals surface area (Å²) in [6.45, 7) is 2.55. The molecule has 0 unspecified atom stereocenters. The monoisotopic (exact) mass is 367 g/mol. The van der Waals surface area contributed by atoms with Crippen LogP contribution in [0.15, 0.2) is 30.3 Å². The van der Waals surface area contributed by atoms with Gasteiger partial charge in [0.15, 0.2) is 5.78 Å². The predicted octanol–water partition coefficient (Wildman–Crippen LogP) is 1.70. The number of carbonyl (C=O) groups excluding carboxylic acids is 3. The molecule has 0 saturated heterocycles. The van der Waals surface area contributed by atoms with Crippen LogP contribution < -0.4 is 11.1 Å². The molecule has 1 aromatic heterocycles. The van der Waals surface area contributed by atoms with Crippen molar-refractivity contribution in [3.63, 3.8) is 0 Å². The molecule has 0 bridgehead atoms. The number of rotatable bonds is 7. The lowest BCUT2D eigenvalue weighted by molar-refractivity contribution is -0.124. The number of hydrogen-bond donors (Lipinski definition) is 2. The Morgan fingerprint density at radius 3 is 2.63 bits per heavy atom. The maximum Gasteiger partial charge on any atom is 0.236 e. The van der Waals surface area contributed by atoms with Crippen LogP contribution in [0, 0.1) is 6.92 Å². The van der Waals surface area contributed by atoms with E-state index >= 15 is 0 Å². The minimum Gasteiger partial charge on any atom is -0.368 e. The molecular formula is C21H25N3O3. The molecule has 27 heavy (non-hydrogen) atoms. The van der Waals surface area contributed by atoms with Gasteiger partial charge in [0.05, 0.1) is 13.0 Å². The van der Waals surface area contributed by atoms with Crippen molar-refractivity contribution < 1.29 is 14.4 Å². The lowest BCUT2D eigenvalue weighted by Crippen LogP contribution is -2.34. The van der Waals surface area contributed by atoms with E-state index in [-0.39, 0.29) is 24.7 Å². The first-order chi connectivity index (χ1) is 13.0. The molecule has 2 amide bonds. The van der Waals surface area contributed by atoms with E-state index in [1.54, 1.807) is 0 Å². The molecule has 6 nitrogen and oxygen atoms in total. The van der Waals surface area contributed by atoms with E-state index in [9.17, 15) is 14.4 Å². The standard InChI is InChI=1S/C21H25N3O3/c1-14-16(12-20(27)23-13-19(22)26)21-17(8-5-9-18(21)25)24(14)11-10-15-6-3-2-4-7-15/h2-4,6-7H,5,8-13H2,1H3,(H2,22,26)(H,23,27). The van der Waals surface area contributed by atoms with Crippen molar-refractivity contribution in [3.05, 3.63) is 58.4 Å². The number of nitrogens with one attached hydrogen (secondary N) is 1.